The highest BCUT2D eigenvalue weighted by molar-refractivity contribution is 5.80. The quantitative estimate of drug-likeness (QED) is 0.551. The summed E-state index contributed by atoms with van der Waals surface area (Å²) in [6, 6.07) is 25.2. The van der Waals surface area contributed by atoms with Crippen molar-refractivity contribution >= 4 is 12.1 Å². The Morgan fingerprint density at radius 1 is 0.806 bits per heavy atom. The first-order valence-electron chi connectivity index (χ1n) is 9.95. The Hall–Kier alpha value is -3.80. The monoisotopic (exact) mass is 419 g/mol. The van der Waals surface area contributed by atoms with Crippen LogP contribution in [-0.4, -0.2) is 35.2 Å². The fraction of sp³-hybridized carbons (Fsp3) is 0.200. The lowest BCUT2D eigenvalue weighted by Gasteiger charge is -2.24. The van der Waals surface area contributed by atoms with Gasteiger partial charge in [-0.05, 0) is 28.8 Å². The minimum atomic E-state index is -1.09. The number of likely N-dealkylation sites (N-methyl/N-ethyl adjacent to an activating group) is 1. The van der Waals surface area contributed by atoms with E-state index in [-0.39, 0.29) is 13.0 Å². The largest absolute Gasteiger partial charge is 0.489 e. The van der Waals surface area contributed by atoms with Crippen molar-refractivity contribution in [2.45, 2.75) is 25.7 Å². The molecule has 3 aromatic carbocycles. The lowest BCUT2D eigenvalue weighted by Crippen LogP contribution is -2.44. The second-order valence-electron chi connectivity index (χ2n) is 7.13. The van der Waals surface area contributed by atoms with Gasteiger partial charge in [0.05, 0.1) is 0 Å². The van der Waals surface area contributed by atoms with Crippen LogP contribution in [0.4, 0.5) is 4.79 Å². The number of aliphatic carboxylic acids is 1. The molecule has 160 valence electrons. The van der Waals surface area contributed by atoms with Crippen molar-refractivity contribution in [3.05, 3.63) is 102 Å². The van der Waals surface area contributed by atoms with Crippen LogP contribution in [0.5, 0.6) is 5.75 Å². The Kier molecular flexibility index (Phi) is 7.65. The summed E-state index contributed by atoms with van der Waals surface area (Å²) < 4.78 is 11.0. The first-order valence-corrected chi connectivity index (χ1v) is 9.95. The molecule has 0 bridgehead atoms. The van der Waals surface area contributed by atoms with E-state index in [0.717, 1.165) is 21.6 Å². The number of amides is 1. The van der Waals surface area contributed by atoms with E-state index in [4.69, 9.17) is 9.47 Å². The Morgan fingerprint density at radius 2 is 1.35 bits per heavy atom. The molecular weight excluding hydrogens is 394 g/mol. The van der Waals surface area contributed by atoms with Gasteiger partial charge in [-0.3, -0.25) is 4.90 Å². The van der Waals surface area contributed by atoms with Crippen LogP contribution in [-0.2, 0) is 29.2 Å². The lowest BCUT2D eigenvalue weighted by molar-refractivity contribution is -0.142. The molecule has 6 heteroatoms. The highest BCUT2D eigenvalue weighted by atomic mass is 16.6. The SMILES string of the molecule is CN(C(=O)OCc1ccccc1)[C@H](Cc1ccc(OCc2ccccc2)cc1)C(=O)O. The highest BCUT2D eigenvalue weighted by Gasteiger charge is 2.28. The summed E-state index contributed by atoms with van der Waals surface area (Å²) in [7, 11) is 1.43. The number of ether oxygens (including phenoxy) is 2. The smallest absolute Gasteiger partial charge is 0.410 e. The van der Waals surface area contributed by atoms with Gasteiger partial charge in [0.2, 0.25) is 0 Å². The molecule has 0 spiro atoms. The Balaban J connectivity index is 1.56. The molecule has 0 aromatic heterocycles. The molecular formula is C25H25NO5. The molecule has 0 unspecified atom stereocenters. The van der Waals surface area contributed by atoms with E-state index < -0.39 is 18.1 Å². The van der Waals surface area contributed by atoms with Crippen LogP contribution in [0.2, 0.25) is 0 Å². The fourth-order valence-electron chi connectivity index (χ4n) is 3.02. The molecule has 0 radical (unpaired) electrons. The highest BCUT2D eigenvalue weighted by Crippen LogP contribution is 2.17. The van der Waals surface area contributed by atoms with Gasteiger partial charge in [0.25, 0.3) is 0 Å². The normalized spacial score (nSPS) is 11.4. The van der Waals surface area contributed by atoms with Crippen LogP contribution in [0, 0.1) is 0 Å². The van der Waals surface area contributed by atoms with Gasteiger partial charge < -0.3 is 14.6 Å². The number of carboxylic acid groups (broad SMARTS) is 1. The third-order valence-corrected chi connectivity index (χ3v) is 4.85. The molecule has 0 aliphatic rings. The van der Waals surface area contributed by atoms with E-state index >= 15 is 0 Å². The standard InChI is InChI=1S/C25H25NO5/c1-26(25(29)31-18-21-10-6-3-7-11-21)23(24(27)28)16-19-12-14-22(15-13-19)30-17-20-8-4-2-5-9-20/h2-15,23H,16-18H2,1H3,(H,27,28)/t23-/m1/s1. The van der Waals surface area contributed by atoms with Crippen LogP contribution in [0.1, 0.15) is 16.7 Å². The molecule has 0 aliphatic carbocycles. The number of nitrogens with zero attached hydrogens (tertiary/aromatic N) is 1. The summed E-state index contributed by atoms with van der Waals surface area (Å²) in [6.45, 7) is 0.539. The van der Waals surface area contributed by atoms with Crippen LogP contribution in [0.25, 0.3) is 0 Å². The molecule has 0 heterocycles. The van der Waals surface area contributed by atoms with Crippen molar-refractivity contribution < 1.29 is 24.2 Å². The molecule has 3 rings (SSSR count). The number of benzene rings is 3. The molecule has 3 aromatic rings. The minimum Gasteiger partial charge on any atom is -0.489 e. The second-order valence-corrected chi connectivity index (χ2v) is 7.13. The van der Waals surface area contributed by atoms with E-state index in [1.165, 1.54) is 7.05 Å². The molecule has 1 amide bonds. The van der Waals surface area contributed by atoms with Gasteiger partial charge in [0, 0.05) is 13.5 Å². The average molecular weight is 419 g/mol. The molecule has 1 N–H and O–H groups in total. The average Bonchev–Trinajstić information content (AvgIpc) is 2.81. The molecule has 0 fully saturated rings. The number of hydrogen-bond donors (Lipinski definition) is 1. The van der Waals surface area contributed by atoms with E-state index in [0.29, 0.717) is 12.4 Å². The summed E-state index contributed by atoms with van der Waals surface area (Å²) in [5.41, 5.74) is 2.68. The van der Waals surface area contributed by atoms with Gasteiger partial charge in [0.15, 0.2) is 0 Å². The minimum absolute atomic E-state index is 0.0871. The molecule has 31 heavy (non-hydrogen) atoms. The number of carboxylic acids is 1. The van der Waals surface area contributed by atoms with Crippen LogP contribution in [0.3, 0.4) is 0 Å². The van der Waals surface area contributed by atoms with Gasteiger partial charge in [-0.1, -0.05) is 72.8 Å². The predicted octanol–water partition coefficient (Wildman–Crippen LogP) is 4.53. The lowest BCUT2D eigenvalue weighted by atomic mass is 10.1. The van der Waals surface area contributed by atoms with Crippen molar-refractivity contribution in [1.82, 2.24) is 4.90 Å². The van der Waals surface area contributed by atoms with Gasteiger partial charge in [-0.2, -0.15) is 0 Å². The van der Waals surface area contributed by atoms with Crippen LogP contribution in [0.15, 0.2) is 84.9 Å². The van der Waals surface area contributed by atoms with Crippen LogP contribution < -0.4 is 4.74 Å². The summed E-state index contributed by atoms with van der Waals surface area (Å²) in [4.78, 5) is 25.2. The van der Waals surface area contributed by atoms with Crippen molar-refractivity contribution in [2.75, 3.05) is 7.05 Å². The molecule has 1 atom stereocenters. The zero-order chi connectivity index (χ0) is 22.1. The van der Waals surface area contributed by atoms with E-state index in [2.05, 4.69) is 0 Å². The van der Waals surface area contributed by atoms with E-state index in [9.17, 15) is 14.7 Å². The van der Waals surface area contributed by atoms with Crippen molar-refractivity contribution in [2.24, 2.45) is 0 Å². The number of carbonyl (C=O) groups excluding carboxylic acids is 1. The second kappa shape index (κ2) is 10.8. The predicted molar refractivity (Wildman–Crippen MR) is 117 cm³/mol. The van der Waals surface area contributed by atoms with E-state index in [1.807, 2.05) is 60.7 Å². The summed E-state index contributed by atoms with van der Waals surface area (Å²) >= 11 is 0. The maximum atomic E-state index is 12.3. The van der Waals surface area contributed by atoms with Gasteiger partial charge >= 0.3 is 12.1 Å². The Morgan fingerprint density at radius 3 is 1.90 bits per heavy atom. The Labute approximate surface area is 181 Å². The zero-order valence-electron chi connectivity index (χ0n) is 17.3. The summed E-state index contributed by atoms with van der Waals surface area (Å²) in [6.07, 6.45) is -0.523. The topological polar surface area (TPSA) is 76.1 Å². The maximum Gasteiger partial charge on any atom is 0.410 e. The third-order valence-electron chi connectivity index (χ3n) is 4.85. The maximum absolute atomic E-state index is 12.3. The fourth-order valence-corrected chi connectivity index (χ4v) is 3.02. The zero-order valence-corrected chi connectivity index (χ0v) is 17.3. The Bertz CT molecular complexity index is 974. The number of rotatable bonds is 9. The number of carbonyl (C=O) groups is 2. The van der Waals surface area contributed by atoms with Crippen molar-refractivity contribution in [3.8, 4) is 5.75 Å². The summed E-state index contributed by atoms with van der Waals surface area (Å²) in [5.74, 6) is -0.404. The van der Waals surface area contributed by atoms with Crippen molar-refractivity contribution in [3.63, 3.8) is 0 Å². The first kappa shape index (κ1) is 21.9. The number of hydrogen-bond acceptors (Lipinski definition) is 4. The van der Waals surface area contributed by atoms with Gasteiger partial charge in [0.1, 0.15) is 25.0 Å². The van der Waals surface area contributed by atoms with Gasteiger partial charge in [-0.25, -0.2) is 9.59 Å². The van der Waals surface area contributed by atoms with Crippen molar-refractivity contribution in [1.29, 1.82) is 0 Å². The third kappa shape index (κ3) is 6.60. The van der Waals surface area contributed by atoms with Crippen LogP contribution >= 0.6 is 0 Å². The molecule has 6 nitrogen and oxygen atoms in total. The summed E-state index contributed by atoms with van der Waals surface area (Å²) in [5, 5.41) is 9.63. The molecule has 0 aliphatic heterocycles. The molecule has 0 saturated carbocycles. The van der Waals surface area contributed by atoms with E-state index in [1.54, 1.807) is 24.3 Å². The first-order chi connectivity index (χ1) is 15.0. The van der Waals surface area contributed by atoms with Gasteiger partial charge in [-0.15, -0.1) is 0 Å². The molecule has 0 saturated heterocycles.